The Bertz CT molecular complexity index is 1110. The number of halogens is 2. The van der Waals surface area contributed by atoms with Crippen LogP contribution in [0.2, 0.25) is 0 Å². The number of nitrogens with zero attached hydrogens (tertiary/aromatic N) is 3. The van der Waals surface area contributed by atoms with E-state index in [-0.39, 0.29) is 11.4 Å². The average Bonchev–Trinajstić information content (AvgIpc) is 2.66. The van der Waals surface area contributed by atoms with Crippen molar-refractivity contribution in [2.24, 2.45) is 0 Å². The lowest BCUT2D eigenvalue weighted by molar-refractivity contribution is -0.384. The number of nitrogens with one attached hydrogen (secondary N) is 1. The van der Waals surface area contributed by atoms with Gasteiger partial charge in [-0.25, -0.2) is 13.5 Å². The first-order chi connectivity index (χ1) is 13.3. The van der Waals surface area contributed by atoms with E-state index in [1.807, 2.05) is 0 Å². The molecule has 0 aliphatic rings. The van der Waals surface area contributed by atoms with Gasteiger partial charge in [-0.2, -0.15) is 5.10 Å². The Morgan fingerprint density at radius 3 is 2.43 bits per heavy atom. The van der Waals surface area contributed by atoms with E-state index in [2.05, 4.69) is 10.4 Å². The van der Waals surface area contributed by atoms with Crippen molar-refractivity contribution < 1.29 is 18.5 Å². The van der Waals surface area contributed by atoms with Crippen molar-refractivity contribution in [3.63, 3.8) is 0 Å². The molecule has 1 amide bonds. The van der Waals surface area contributed by atoms with Gasteiger partial charge < -0.3 is 5.32 Å². The van der Waals surface area contributed by atoms with Crippen molar-refractivity contribution in [1.82, 2.24) is 9.78 Å². The van der Waals surface area contributed by atoms with Gasteiger partial charge in [0.05, 0.1) is 10.6 Å². The standard InChI is InChI=1S/C18H12F2N4O4/c19-14-6-3-12(9-15(14)20)21-17(25)10-23-18(26)8-7-16(22-23)11-1-4-13(5-2-11)24(27)28/h1-9H,10H2,(H,21,25). The van der Waals surface area contributed by atoms with Crippen molar-refractivity contribution in [2.75, 3.05) is 5.32 Å². The molecule has 28 heavy (non-hydrogen) atoms. The number of hydrogen-bond donors (Lipinski definition) is 1. The molecule has 3 rings (SSSR count). The van der Waals surface area contributed by atoms with Gasteiger partial charge in [-0.05, 0) is 30.3 Å². The second-order valence-corrected chi connectivity index (χ2v) is 5.70. The largest absolute Gasteiger partial charge is 0.324 e. The summed E-state index contributed by atoms with van der Waals surface area (Å²) >= 11 is 0. The number of non-ortho nitro benzene ring substituents is 1. The SMILES string of the molecule is O=C(Cn1nc(-c2ccc([N+](=O)[O-])cc2)ccc1=O)Nc1ccc(F)c(F)c1. The molecule has 142 valence electrons. The van der Waals surface area contributed by atoms with E-state index in [0.29, 0.717) is 11.3 Å². The van der Waals surface area contributed by atoms with Crippen LogP contribution in [0.4, 0.5) is 20.2 Å². The lowest BCUT2D eigenvalue weighted by atomic mass is 10.1. The highest BCUT2D eigenvalue weighted by Gasteiger charge is 2.11. The van der Waals surface area contributed by atoms with Gasteiger partial charge in [0.2, 0.25) is 5.91 Å². The Balaban J connectivity index is 1.79. The summed E-state index contributed by atoms with van der Waals surface area (Å²) in [6.45, 7) is -0.460. The first-order valence-corrected chi connectivity index (χ1v) is 7.91. The van der Waals surface area contributed by atoms with Crippen molar-refractivity contribution in [1.29, 1.82) is 0 Å². The maximum absolute atomic E-state index is 13.2. The molecule has 1 heterocycles. The van der Waals surface area contributed by atoms with Crippen LogP contribution in [0.25, 0.3) is 11.3 Å². The third kappa shape index (κ3) is 4.23. The Morgan fingerprint density at radius 1 is 1.07 bits per heavy atom. The van der Waals surface area contributed by atoms with Crippen LogP contribution in [0.15, 0.2) is 59.4 Å². The van der Waals surface area contributed by atoms with Gasteiger partial charge >= 0.3 is 0 Å². The van der Waals surface area contributed by atoms with Gasteiger partial charge in [0.25, 0.3) is 11.2 Å². The number of anilines is 1. The van der Waals surface area contributed by atoms with E-state index in [1.165, 1.54) is 42.5 Å². The molecule has 3 aromatic rings. The molecule has 1 N–H and O–H groups in total. The van der Waals surface area contributed by atoms with Crippen LogP contribution in [-0.4, -0.2) is 20.6 Å². The normalized spacial score (nSPS) is 10.5. The quantitative estimate of drug-likeness (QED) is 0.536. The number of nitro groups is 1. The third-order valence-electron chi connectivity index (χ3n) is 3.74. The predicted octanol–water partition coefficient (Wildman–Crippen LogP) is 2.74. The number of nitro benzene ring substituents is 1. The number of amides is 1. The summed E-state index contributed by atoms with van der Waals surface area (Å²) in [6.07, 6.45) is 0. The smallest absolute Gasteiger partial charge is 0.269 e. The molecule has 0 aliphatic heterocycles. The summed E-state index contributed by atoms with van der Waals surface area (Å²) in [6, 6.07) is 11.0. The minimum Gasteiger partial charge on any atom is -0.324 e. The highest BCUT2D eigenvalue weighted by molar-refractivity contribution is 5.90. The Kier molecular flexibility index (Phi) is 5.21. The van der Waals surface area contributed by atoms with Gasteiger partial charge in [0.15, 0.2) is 11.6 Å². The van der Waals surface area contributed by atoms with Crippen LogP contribution in [0.1, 0.15) is 0 Å². The van der Waals surface area contributed by atoms with Gasteiger partial charge in [-0.3, -0.25) is 19.7 Å². The minimum atomic E-state index is -1.12. The molecule has 0 saturated carbocycles. The Labute approximate surface area is 156 Å². The molecule has 0 unspecified atom stereocenters. The molecule has 0 fully saturated rings. The zero-order valence-corrected chi connectivity index (χ0v) is 14.1. The molecule has 0 atom stereocenters. The van der Waals surface area contributed by atoms with Crippen molar-refractivity contribution in [2.45, 2.75) is 6.54 Å². The maximum Gasteiger partial charge on any atom is 0.269 e. The lowest BCUT2D eigenvalue weighted by Gasteiger charge is -2.08. The summed E-state index contributed by atoms with van der Waals surface area (Å²) in [5.74, 6) is -2.83. The maximum atomic E-state index is 13.2. The number of hydrogen-bond acceptors (Lipinski definition) is 5. The summed E-state index contributed by atoms with van der Waals surface area (Å²) in [7, 11) is 0. The van der Waals surface area contributed by atoms with Crippen LogP contribution in [-0.2, 0) is 11.3 Å². The van der Waals surface area contributed by atoms with Gasteiger partial charge in [0.1, 0.15) is 6.54 Å². The lowest BCUT2D eigenvalue weighted by Crippen LogP contribution is -2.29. The first kappa shape index (κ1) is 18.8. The van der Waals surface area contributed by atoms with Crippen LogP contribution >= 0.6 is 0 Å². The fraction of sp³-hybridized carbons (Fsp3) is 0.0556. The van der Waals surface area contributed by atoms with Gasteiger partial charge in [-0.1, -0.05) is 0 Å². The van der Waals surface area contributed by atoms with E-state index in [1.54, 1.807) is 0 Å². The number of carbonyl (C=O) groups is 1. The fourth-order valence-electron chi connectivity index (χ4n) is 2.38. The van der Waals surface area contributed by atoms with E-state index < -0.39 is 34.6 Å². The molecule has 0 spiro atoms. The average molecular weight is 386 g/mol. The molecular weight excluding hydrogens is 374 g/mol. The first-order valence-electron chi connectivity index (χ1n) is 7.91. The Morgan fingerprint density at radius 2 is 1.79 bits per heavy atom. The van der Waals surface area contributed by atoms with Crippen molar-refractivity contribution in [3.05, 3.63) is 86.7 Å². The number of aromatic nitrogens is 2. The molecule has 8 nitrogen and oxygen atoms in total. The zero-order valence-electron chi connectivity index (χ0n) is 14.1. The highest BCUT2D eigenvalue weighted by atomic mass is 19.2. The molecule has 0 bridgehead atoms. The van der Waals surface area contributed by atoms with Crippen molar-refractivity contribution in [3.8, 4) is 11.3 Å². The highest BCUT2D eigenvalue weighted by Crippen LogP contribution is 2.19. The van der Waals surface area contributed by atoms with Crippen LogP contribution in [0, 0.1) is 21.7 Å². The Hall–Kier alpha value is -3.95. The van der Waals surface area contributed by atoms with Crippen LogP contribution in [0.3, 0.4) is 0 Å². The van der Waals surface area contributed by atoms with E-state index in [9.17, 15) is 28.5 Å². The molecular formula is C18H12F2N4O4. The summed E-state index contributed by atoms with van der Waals surface area (Å²) < 4.78 is 27.0. The summed E-state index contributed by atoms with van der Waals surface area (Å²) in [5, 5.41) is 17.1. The predicted molar refractivity (Wildman–Crippen MR) is 95.6 cm³/mol. The van der Waals surface area contributed by atoms with Crippen LogP contribution < -0.4 is 10.9 Å². The molecule has 0 aliphatic carbocycles. The minimum absolute atomic E-state index is 0.0310. The molecule has 1 aromatic heterocycles. The van der Waals surface area contributed by atoms with Crippen molar-refractivity contribution >= 4 is 17.3 Å². The summed E-state index contributed by atoms with van der Waals surface area (Å²) in [4.78, 5) is 34.2. The monoisotopic (exact) mass is 386 g/mol. The summed E-state index contributed by atoms with van der Waals surface area (Å²) in [5.41, 5.74) is 0.230. The van der Waals surface area contributed by atoms with E-state index in [4.69, 9.17) is 0 Å². The molecule has 10 heteroatoms. The second-order valence-electron chi connectivity index (χ2n) is 5.70. The number of benzene rings is 2. The third-order valence-corrected chi connectivity index (χ3v) is 3.74. The van der Waals surface area contributed by atoms with E-state index >= 15 is 0 Å². The van der Waals surface area contributed by atoms with E-state index in [0.717, 1.165) is 16.8 Å². The molecule has 0 radical (unpaired) electrons. The second kappa shape index (κ2) is 7.74. The fourth-order valence-corrected chi connectivity index (χ4v) is 2.38. The number of rotatable bonds is 5. The van der Waals surface area contributed by atoms with Crippen LogP contribution in [0.5, 0.6) is 0 Å². The molecule has 2 aromatic carbocycles. The molecule has 0 saturated heterocycles. The zero-order chi connectivity index (χ0) is 20.3. The van der Waals surface area contributed by atoms with Gasteiger partial charge in [-0.15, -0.1) is 0 Å². The number of carbonyl (C=O) groups excluding carboxylic acids is 1. The topological polar surface area (TPSA) is 107 Å². The van der Waals surface area contributed by atoms with Gasteiger partial charge in [0, 0.05) is 35.5 Å².